The highest BCUT2D eigenvalue weighted by atomic mass is 16.2. The first kappa shape index (κ1) is 9.15. The van der Waals surface area contributed by atoms with E-state index in [2.05, 4.69) is 10.3 Å². The van der Waals surface area contributed by atoms with Crippen molar-refractivity contribution in [1.29, 1.82) is 0 Å². The molecule has 14 heavy (non-hydrogen) atoms. The maximum absolute atomic E-state index is 11.9. The number of rotatable bonds is 1. The molecule has 0 saturated carbocycles. The molecule has 1 saturated heterocycles. The van der Waals surface area contributed by atoms with Gasteiger partial charge in [0.1, 0.15) is 0 Å². The first-order valence-electron chi connectivity index (χ1n) is 4.78. The van der Waals surface area contributed by atoms with Crippen molar-refractivity contribution in [2.45, 2.75) is 0 Å². The van der Waals surface area contributed by atoms with Gasteiger partial charge in [0, 0.05) is 44.1 Å². The number of hydrogen-bond acceptors (Lipinski definition) is 3. The van der Waals surface area contributed by atoms with Crippen LogP contribution in [0.5, 0.6) is 0 Å². The van der Waals surface area contributed by atoms with Gasteiger partial charge in [0.2, 0.25) is 0 Å². The Balaban J connectivity index is 2.07. The number of hydrogen-bond donors (Lipinski definition) is 1. The summed E-state index contributed by atoms with van der Waals surface area (Å²) in [5.74, 6) is 0.105. The van der Waals surface area contributed by atoms with Gasteiger partial charge >= 0.3 is 0 Å². The van der Waals surface area contributed by atoms with Crippen LogP contribution in [0.15, 0.2) is 24.5 Å². The molecule has 0 aromatic carbocycles. The Labute approximate surface area is 82.9 Å². The van der Waals surface area contributed by atoms with E-state index in [-0.39, 0.29) is 5.91 Å². The molecule has 0 radical (unpaired) electrons. The van der Waals surface area contributed by atoms with Crippen molar-refractivity contribution in [3.05, 3.63) is 30.1 Å². The van der Waals surface area contributed by atoms with Gasteiger partial charge in [-0.2, -0.15) is 0 Å². The van der Waals surface area contributed by atoms with Crippen molar-refractivity contribution in [3.8, 4) is 0 Å². The van der Waals surface area contributed by atoms with Crippen LogP contribution in [0.2, 0.25) is 0 Å². The lowest BCUT2D eigenvalue weighted by molar-refractivity contribution is 0.0735. The van der Waals surface area contributed by atoms with Crippen LogP contribution >= 0.6 is 0 Å². The van der Waals surface area contributed by atoms with Crippen molar-refractivity contribution >= 4 is 5.91 Å². The Morgan fingerprint density at radius 3 is 2.57 bits per heavy atom. The van der Waals surface area contributed by atoms with E-state index in [1.165, 1.54) is 0 Å². The zero-order chi connectivity index (χ0) is 9.80. The van der Waals surface area contributed by atoms with Crippen molar-refractivity contribution in [2.75, 3.05) is 26.2 Å². The Kier molecular flexibility index (Phi) is 2.74. The smallest absolute Gasteiger partial charge is 0.254 e. The van der Waals surface area contributed by atoms with Gasteiger partial charge in [0.25, 0.3) is 5.91 Å². The van der Waals surface area contributed by atoms with Crippen LogP contribution in [0, 0.1) is 0 Å². The molecule has 2 rings (SSSR count). The first-order chi connectivity index (χ1) is 6.88. The Morgan fingerprint density at radius 2 is 1.93 bits per heavy atom. The van der Waals surface area contributed by atoms with Crippen LogP contribution in [-0.4, -0.2) is 42.0 Å². The predicted octanol–water partition coefficient (Wildman–Crippen LogP) is 0.127. The summed E-state index contributed by atoms with van der Waals surface area (Å²) in [7, 11) is 0. The molecule has 0 spiro atoms. The Bertz CT molecular complexity index is 306. The largest absolute Gasteiger partial charge is 0.336 e. The predicted molar refractivity (Wildman–Crippen MR) is 53.0 cm³/mol. The molecule has 0 unspecified atom stereocenters. The van der Waals surface area contributed by atoms with E-state index in [1.807, 2.05) is 4.90 Å². The van der Waals surface area contributed by atoms with Crippen molar-refractivity contribution in [1.82, 2.24) is 15.2 Å². The summed E-state index contributed by atoms with van der Waals surface area (Å²) >= 11 is 0. The lowest BCUT2D eigenvalue weighted by Crippen LogP contribution is -2.46. The van der Waals surface area contributed by atoms with Crippen LogP contribution in [0.1, 0.15) is 10.4 Å². The third-order valence-electron chi connectivity index (χ3n) is 2.33. The molecule has 1 aromatic rings. The SMILES string of the molecule is O=C(c1ccncc1)N1CCNCC1. The second-order valence-electron chi connectivity index (χ2n) is 3.28. The monoisotopic (exact) mass is 191 g/mol. The zero-order valence-corrected chi connectivity index (χ0v) is 7.94. The van der Waals surface area contributed by atoms with Crippen LogP contribution in [0.3, 0.4) is 0 Å². The molecule has 0 bridgehead atoms. The molecule has 4 heteroatoms. The summed E-state index contributed by atoms with van der Waals surface area (Å²) in [6.07, 6.45) is 3.30. The molecule has 1 aromatic heterocycles. The lowest BCUT2D eigenvalue weighted by Gasteiger charge is -2.27. The minimum atomic E-state index is 0.105. The summed E-state index contributed by atoms with van der Waals surface area (Å²) < 4.78 is 0. The van der Waals surface area contributed by atoms with Crippen LogP contribution in [0.25, 0.3) is 0 Å². The maximum atomic E-state index is 11.9. The van der Waals surface area contributed by atoms with E-state index in [9.17, 15) is 4.79 Å². The highest BCUT2D eigenvalue weighted by molar-refractivity contribution is 5.94. The van der Waals surface area contributed by atoms with Crippen molar-refractivity contribution in [3.63, 3.8) is 0 Å². The number of nitrogens with one attached hydrogen (secondary N) is 1. The quantitative estimate of drug-likeness (QED) is 0.686. The summed E-state index contributed by atoms with van der Waals surface area (Å²) in [4.78, 5) is 17.6. The number of aromatic nitrogens is 1. The van der Waals surface area contributed by atoms with Gasteiger partial charge in [-0.1, -0.05) is 0 Å². The third-order valence-corrected chi connectivity index (χ3v) is 2.33. The highest BCUT2D eigenvalue weighted by Gasteiger charge is 2.16. The van der Waals surface area contributed by atoms with E-state index in [0.717, 1.165) is 31.7 Å². The normalized spacial score (nSPS) is 16.7. The standard InChI is InChI=1S/C10H13N3O/c14-10(9-1-3-11-4-2-9)13-7-5-12-6-8-13/h1-4,12H,5-8H2. The van der Waals surface area contributed by atoms with Gasteiger partial charge in [-0.15, -0.1) is 0 Å². The fourth-order valence-electron chi connectivity index (χ4n) is 1.54. The van der Waals surface area contributed by atoms with Gasteiger partial charge in [-0.3, -0.25) is 9.78 Å². The lowest BCUT2D eigenvalue weighted by atomic mass is 10.2. The molecule has 1 aliphatic rings. The zero-order valence-electron chi connectivity index (χ0n) is 7.94. The molecule has 1 amide bonds. The minimum Gasteiger partial charge on any atom is -0.336 e. The number of nitrogens with zero attached hydrogens (tertiary/aromatic N) is 2. The van der Waals surface area contributed by atoms with Crippen LogP contribution in [-0.2, 0) is 0 Å². The summed E-state index contributed by atoms with van der Waals surface area (Å²) in [5.41, 5.74) is 0.724. The van der Waals surface area contributed by atoms with Crippen molar-refractivity contribution < 1.29 is 4.79 Å². The summed E-state index contributed by atoms with van der Waals surface area (Å²) in [5, 5.41) is 3.21. The minimum absolute atomic E-state index is 0.105. The molecule has 74 valence electrons. The van der Waals surface area contributed by atoms with Gasteiger partial charge in [0.05, 0.1) is 0 Å². The van der Waals surface area contributed by atoms with E-state index in [1.54, 1.807) is 24.5 Å². The van der Waals surface area contributed by atoms with E-state index < -0.39 is 0 Å². The molecule has 1 fully saturated rings. The van der Waals surface area contributed by atoms with E-state index >= 15 is 0 Å². The number of pyridine rings is 1. The Morgan fingerprint density at radius 1 is 1.29 bits per heavy atom. The number of carbonyl (C=O) groups excluding carboxylic acids is 1. The molecular formula is C10H13N3O. The molecular weight excluding hydrogens is 178 g/mol. The average molecular weight is 191 g/mol. The summed E-state index contributed by atoms with van der Waals surface area (Å²) in [6.45, 7) is 3.36. The molecule has 1 N–H and O–H groups in total. The summed E-state index contributed by atoms with van der Waals surface area (Å²) in [6, 6.07) is 3.51. The first-order valence-corrected chi connectivity index (χ1v) is 4.78. The number of carbonyl (C=O) groups is 1. The fourth-order valence-corrected chi connectivity index (χ4v) is 1.54. The second kappa shape index (κ2) is 4.19. The highest BCUT2D eigenvalue weighted by Crippen LogP contribution is 2.03. The average Bonchev–Trinajstić information content (AvgIpc) is 2.30. The van der Waals surface area contributed by atoms with E-state index in [0.29, 0.717) is 0 Å². The number of piperazine rings is 1. The fraction of sp³-hybridized carbons (Fsp3) is 0.400. The molecule has 0 atom stereocenters. The number of amides is 1. The van der Waals surface area contributed by atoms with Gasteiger partial charge in [0.15, 0.2) is 0 Å². The molecule has 4 nitrogen and oxygen atoms in total. The van der Waals surface area contributed by atoms with Crippen LogP contribution in [0.4, 0.5) is 0 Å². The topological polar surface area (TPSA) is 45.2 Å². The maximum Gasteiger partial charge on any atom is 0.254 e. The van der Waals surface area contributed by atoms with E-state index in [4.69, 9.17) is 0 Å². The van der Waals surface area contributed by atoms with Gasteiger partial charge < -0.3 is 10.2 Å². The molecule has 2 heterocycles. The van der Waals surface area contributed by atoms with Gasteiger partial charge in [-0.25, -0.2) is 0 Å². The third kappa shape index (κ3) is 1.90. The molecule has 0 aliphatic carbocycles. The second-order valence-corrected chi connectivity index (χ2v) is 3.28. The van der Waals surface area contributed by atoms with Crippen molar-refractivity contribution in [2.24, 2.45) is 0 Å². The molecule has 1 aliphatic heterocycles. The van der Waals surface area contributed by atoms with Crippen LogP contribution < -0.4 is 5.32 Å². The van der Waals surface area contributed by atoms with Gasteiger partial charge in [-0.05, 0) is 12.1 Å². The Hall–Kier alpha value is -1.42.